The molecule has 5 rings (SSSR count). The van der Waals surface area contributed by atoms with Crippen molar-refractivity contribution >= 4 is 5.69 Å². The van der Waals surface area contributed by atoms with Crippen LogP contribution in [0.2, 0.25) is 0 Å². The van der Waals surface area contributed by atoms with Crippen molar-refractivity contribution in [2.24, 2.45) is 0 Å². The third kappa shape index (κ3) is 4.81. The molecule has 178 valence electrons. The number of hydrogen-bond donors (Lipinski definition) is 1. The van der Waals surface area contributed by atoms with Gasteiger partial charge in [0.25, 0.3) is 0 Å². The second kappa shape index (κ2) is 9.83. The number of rotatable bonds is 5. The number of anilines is 1. The molecule has 1 heterocycles. The average Bonchev–Trinajstić information content (AvgIpc) is 2.90. The molecule has 0 spiro atoms. The first-order valence-corrected chi connectivity index (χ1v) is 12.5. The third-order valence-electron chi connectivity index (χ3n) is 6.75. The van der Waals surface area contributed by atoms with Gasteiger partial charge >= 0.3 is 0 Å². The zero-order chi connectivity index (χ0) is 25.1. The van der Waals surface area contributed by atoms with Gasteiger partial charge in [-0.1, -0.05) is 118 Å². The molecule has 0 aliphatic rings. The predicted molar refractivity (Wildman–Crippen MR) is 153 cm³/mol. The molecule has 2 heteroatoms. The van der Waals surface area contributed by atoms with Crippen molar-refractivity contribution in [2.75, 3.05) is 5.73 Å². The number of aromatic nitrogens is 1. The summed E-state index contributed by atoms with van der Waals surface area (Å²) in [6.45, 7) is 6.69. The van der Waals surface area contributed by atoms with Crippen LogP contribution in [-0.2, 0) is 11.8 Å². The van der Waals surface area contributed by atoms with Gasteiger partial charge < -0.3 is 5.73 Å². The Morgan fingerprint density at radius 1 is 0.639 bits per heavy atom. The van der Waals surface area contributed by atoms with Gasteiger partial charge in [-0.25, -0.2) is 0 Å². The van der Waals surface area contributed by atoms with E-state index in [9.17, 15) is 0 Å². The van der Waals surface area contributed by atoms with Gasteiger partial charge in [0, 0.05) is 29.6 Å². The van der Waals surface area contributed by atoms with Crippen molar-refractivity contribution in [1.29, 1.82) is 0 Å². The van der Waals surface area contributed by atoms with E-state index in [1.165, 1.54) is 27.8 Å². The van der Waals surface area contributed by atoms with Gasteiger partial charge in [0.15, 0.2) is 0 Å². The topological polar surface area (TPSA) is 38.9 Å². The zero-order valence-electron chi connectivity index (χ0n) is 21.2. The van der Waals surface area contributed by atoms with Crippen LogP contribution in [0, 0.1) is 0 Å². The van der Waals surface area contributed by atoms with Crippen LogP contribution in [0.15, 0.2) is 115 Å². The maximum absolute atomic E-state index is 6.95. The molecule has 2 N–H and O–H groups in total. The van der Waals surface area contributed by atoms with Gasteiger partial charge in [-0.3, -0.25) is 4.98 Å². The molecule has 0 atom stereocenters. The van der Waals surface area contributed by atoms with Crippen molar-refractivity contribution in [3.05, 3.63) is 132 Å². The fourth-order valence-electron chi connectivity index (χ4n) is 4.78. The highest BCUT2D eigenvalue weighted by Gasteiger charge is 2.19. The van der Waals surface area contributed by atoms with Crippen LogP contribution in [0.1, 0.15) is 37.6 Å². The summed E-state index contributed by atoms with van der Waals surface area (Å²) >= 11 is 0. The Hall–Kier alpha value is -4.17. The van der Waals surface area contributed by atoms with Crippen LogP contribution in [0.5, 0.6) is 0 Å². The quantitative estimate of drug-likeness (QED) is 0.262. The van der Waals surface area contributed by atoms with Gasteiger partial charge in [0.2, 0.25) is 0 Å². The first-order valence-electron chi connectivity index (χ1n) is 12.5. The van der Waals surface area contributed by atoms with E-state index in [0.717, 1.165) is 28.1 Å². The summed E-state index contributed by atoms with van der Waals surface area (Å²) in [6, 6.07) is 38.3. The number of nitrogens with two attached hydrogens (primary N) is 1. The number of pyridine rings is 1. The highest BCUT2D eigenvalue weighted by Crippen LogP contribution is 2.43. The minimum atomic E-state index is 0.0737. The van der Waals surface area contributed by atoms with Gasteiger partial charge in [0.05, 0.1) is 0 Å². The lowest BCUT2D eigenvalue weighted by atomic mass is 9.85. The molecule has 5 aromatic rings. The van der Waals surface area contributed by atoms with Crippen molar-refractivity contribution in [3.8, 4) is 33.4 Å². The van der Waals surface area contributed by atoms with Gasteiger partial charge in [-0.05, 0) is 56.5 Å². The lowest BCUT2D eigenvalue weighted by Crippen LogP contribution is -2.12. The van der Waals surface area contributed by atoms with Crippen LogP contribution in [0.4, 0.5) is 5.69 Å². The lowest BCUT2D eigenvalue weighted by molar-refractivity contribution is 0.588. The highest BCUT2D eigenvalue weighted by atomic mass is 14.7. The minimum absolute atomic E-state index is 0.0737. The molecule has 0 unspecified atom stereocenters. The Bertz CT molecular complexity index is 1420. The normalized spacial score (nSPS) is 11.4. The molecule has 1 aromatic heterocycles. The van der Waals surface area contributed by atoms with Crippen molar-refractivity contribution < 1.29 is 0 Å². The van der Waals surface area contributed by atoms with Crippen LogP contribution >= 0.6 is 0 Å². The Labute approximate surface area is 214 Å². The van der Waals surface area contributed by atoms with Crippen molar-refractivity contribution in [3.63, 3.8) is 0 Å². The molecule has 0 bridgehead atoms. The van der Waals surface area contributed by atoms with Crippen molar-refractivity contribution in [2.45, 2.75) is 32.6 Å². The van der Waals surface area contributed by atoms with E-state index in [1.54, 1.807) is 0 Å². The number of para-hydroxylation sites is 1. The second-order valence-corrected chi connectivity index (χ2v) is 10.3. The third-order valence-corrected chi connectivity index (χ3v) is 6.75. The number of nitrogen functional groups attached to an aromatic ring is 1. The Kier molecular flexibility index (Phi) is 6.43. The Morgan fingerprint density at radius 2 is 1.19 bits per heavy atom. The van der Waals surface area contributed by atoms with Crippen LogP contribution < -0.4 is 5.73 Å². The summed E-state index contributed by atoms with van der Waals surface area (Å²) in [5.41, 5.74) is 18.1. The molecule has 0 saturated carbocycles. The molecule has 0 saturated heterocycles. The molecule has 4 aromatic carbocycles. The average molecular weight is 469 g/mol. The first kappa shape index (κ1) is 23.6. The summed E-state index contributed by atoms with van der Waals surface area (Å²) < 4.78 is 0. The zero-order valence-corrected chi connectivity index (χ0v) is 21.2. The largest absolute Gasteiger partial charge is 0.398 e. The lowest BCUT2D eigenvalue weighted by Gasteiger charge is -2.20. The fraction of sp³-hybridized carbons (Fsp3) is 0.147. The van der Waals surface area contributed by atoms with Crippen LogP contribution in [-0.4, -0.2) is 4.98 Å². The highest BCUT2D eigenvalue weighted by molar-refractivity contribution is 5.98. The number of hydrogen-bond acceptors (Lipinski definition) is 2. The van der Waals surface area contributed by atoms with Crippen LogP contribution in [0.25, 0.3) is 33.4 Å². The molecule has 0 fully saturated rings. The SMILES string of the molecule is CC(C)(C)c1ccnc(Cc2cccc(-c3c(-c4ccccc4)cccc3-c3ccccc3)c2N)c1. The van der Waals surface area contributed by atoms with E-state index in [-0.39, 0.29) is 5.41 Å². The second-order valence-electron chi connectivity index (χ2n) is 10.3. The first-order chi connectivity index (χ1) is 17.4. The molecule has 0 amide bonds. The summed E-state index contributed by atoms with van der Waals surface area (Å²) in [4.78, 5) is 4.67. The van der Waals surface area contributed by atoms with E-state index in [4.69, 9.17) is 5.73 Å². The van der Waals surface area contributed by atoms with E-state index >= 15 is 0 Å². The van der Waals surface area contributed by atoms with E-state index < -0.39 is 0 Å². The molecule has 0 radical (unpaired) electrons. The molecular weight excluding hydrogens is 436 g/mol. The molecule has 36 heavy (non-hydrogen) atoms. The fourth-order valence-corrected chi connectivity index (χ4v) is 4.78. The van der Waals surface area contributed by atoms with Gasteiger partial charge in [-0.2, -0.15) is 0 Å². The summed E-state index contributed by atoms with van der Waals surface area (Å²) in [7, 11) is 0. The smallest absolute Gasteiger partial charge is 0.0451 e. The molecular formula is C34H32N2. The maximum Gasteiger partial charge on any atom is 0.0451 e. The van der Waals surface area contributed by atoms with E-state index in [2.05, 4.69) is 135 Å². The maximum atomic E-state index is 6.95. The van der Waals surface area contributed by atoms with E-state index in [1.807, 2.05) is 6.20 Å². The standard InChI is InChI=1S/C34H32N2/c1-34(2,3)27-20-21-36-28(23-27)22-26-16-10-19-31(33(26)35)32-29(24-12-6-4-7-13-24)17-11-18-30(32)25-14-8-5-9-15-25/h4-21,23H,22,35H2,1-3H3. The summed E-state index contributed by atoms with van der Waals surface area (Å²) in [5, 5.41) is 0. The van der Waals surface area contributed by atoms with Gasteiger partial charge in [0.1, 0.15) is 0 Å². The molecule has 0 aliphatic heterocycles. The van der Waals surface area contributed by atoms with E-state index in [0.29, 0.717) is 6.42 Å². The monoisotopic (exact) mass is 468 g/mol. The van der Waals surface area contributed by atoms with Crippen molar-refractivity contribution in [1.82, 2.24) is 4.98 Å². The predicted octanol–water partition coefficient (Wildman–Crippen LogP) is 8.55. The number of nitrogens with zero attached hydrogens (tertiary/aromatic N) is 1. The molecule has 0 aliphatic carbocycles. The Morgan fingerprint density at radius 3 is 1.78 bits per heavy atom. The van der Waals surface area contributed by atoms with Crippen LogP contribution in [0.3, 0.4) is 0 Å². The minimum Gasteiger partial charge on any atom is -0.398 e. The summed E-state index contributed by atoms with van der Waals surface area (Å²) in [6.07, 6.45) is 2.60. The number of benzene rings is 4. The Balaban J connectivity index is 1.67. The molecule has 2 nitrogen and oxygen atoms in total. The summed E-state index contributed by atoms with van der Waals surface area (Å²) in [5.74, 6) is 0. The van der Waals surface area contributed by atoms with Gasteiger partial charge in [-0.15, -0.1) is 0 Å².